The summed E-state index contributed by atoms with van der Waals surface area (Å²) in [6.45, 7) is 0.0988. The minimum Gasteiger partial charge on any atom is -0.497 e. The fourth-order valence-corrected chi connectivity index (χ4v) is 1.94. The maximum atomic E-state index is 12.2. The van der Waals surface area contributed by atoms with E-state index in [0.717, 1.165) is 5.56 Å². The smallest absolute Gasteiger partial charge is 0.318 e. The zero-order valence-corrected chi connectivity index (χ0v) is 13.5. The summed E-state index contributed by atoms with van der Waals surface area (Å²) < 4.78 is 14.2. The van der Waals surface area contributed by atoms with Crippen LogP contribution in [0.25, 0.3) is 0 Å². The summed E-state index contributed by atoms with van der Waals surface area (Å²) in [6, 6.07) is 7.05. The molecule has 0 bridgehead atoms. The Morgan fingerprint density at radius 3 is 2.22 bits per heavy atom. The lowest BCUT2D eigenvalue weighted by Crippen LogP contribution is -2.38. The molecule has 23 heavy (non-hydrogen) atoms. The summed E-state index contributed by atoms with van der Waals surface area (Å²) in [5, 5.41) is 2.54. The van der Waals surface area contributed by atoms with Crippen molar-refractivity contribution in [2.24, 2.45) is 5.92 Å². The van der Waals surface area contributed by atoms with Crippen molar-refractivity contribution < 1.29 is 28.6 Å². The average Bonchev–Trinajstić information content (AvgIpc) is 2.59. The maximum absolute atomic E-state index is 12.2. The third kappa shape index (κ3) is 5.98. The zero-order valence-electron chi connectivity index (χ0n) is 13.5. The lowest BCUT2D eigenvalue weighted by atomic mass is 9.98. The number of nitrogens with one attached hydrogen (secondary N) is 1. The highest BCUT2D eigenvalue weighted by atomic mass is 16.5. The van der Waals surface area contributed by atoms with Crippen LogP contribution in [0.1, 0.15) is 12.0 Å². The molecule has 0 saturated heterocycles. The van der Waals surface area contributed by atoms with E-state index in [9.17, 15) is 14.4 Å². The van der Waals surface area contributed by atoms with Crippen LogP contribution < -0.4 is 10.1 Å². The van der Waals surface area contributed by atoms with Crippen molar-refractivity contribution in [3.8, 4) is 5.75 Å². The largest absolute Gasteiger partial charge is 0.497 e. The molecule has 1 rings (SSSR count). The molecule has 1 atom stereocenters. The number of hydrogen-bond acceptors (Lipinski definition) is 6. The quantitative estimate of drug-likeness (QED) is 0.559. The normalized spacial score (nSPS) is 11.3. The Balaban J connectivity index is 2.69. The van der Waals surface area contributed by atoms with Crippen molar-refractivity contribution in [1.29, 1.82) is 0 Å². The van der Waals surface area contributed by atoms with Gasteiger partial charge < -0.3 is 19.5 Å². The van der Waals surface area contributed by atoms with Crippen molar-refractivity contribution in [3.05, 3.63) is 29.8 Å². The van der Waals surface area contributed by atoms with Crippen molar-refractivity contribution in [1.82, 2.24) is 5.32 Å². The summed E-state index contributed by atoms with van der Waals surface area (Å²) in [7, 11) is 4.05. The van der Waals surface area contributed by atoms with Gasteiger partial charge in [0.15, 0.2) is 0 Å². The Hall–Kier alpha value is -2.57. The number of carbonyl (C=O) groups is 3. The van der Waals surface area contributed by atoms with E-state index in [2.05, 4.69) is 14.8 Å². The first-order chi connectivity index (χ1) is 11.0. The molecule has 0 spiro atoms. The van der Waals surface area contributed by atoms with Crippen molar-refractivity contribution in [2.75, 3.05) is 27.9 Å². The number of hydrogen-bond donors (Lipinski definition) is 1. The topological polar surface area (TPSA) is 90.9 Å². The van der Waals surface area contributed by atoms with Gasteiger partial charge in [0.1, 0.15) is 11.7 Å². The van der Waals surface area contributed by atoms with Gasteiger partial charge in [-0.3, -0.25) is 14.4 Å². The van der Waals surface area contributed by atoms with Crippen LogP contribution in [0.2, 0.25) is 0 Å². The van der Waals surface area contributed by atoms with E-state index in [0.29, 0.717) is 5.75 Å². The molecule has 0 aliphatic heterocycles. The summed E-state index contributed by atoms with van der Waals surface area (Å²) in [4.78, 5) is 35.0. The Morgan fingerprint density at radius 1 is 1.04 bits per heavy atom. The Kier molecular flexibility index (Phi) is 7.59. The molecule has 0 heterocycles. The standard InChI is InChI=1S/C16H21NO6/c1-21-12-6-4-11(5-7-12)10-13(16(20)23-3)15(19)17-9-8-14(18)22-2/h4-7,13H,8-10H2,1-3H3,(H,17,19). The van der Waals surface area contributed by atoms with E-state index < -0.39 is 23.8 Å². The van der Waals surface area contributed by atoms with Gasteiger partial charge in [0, 0.05) is 6.54 Å². The highest BCUT2D eigenvalue weighted by Gasteiger charge is 2.27. The second kappa shape index (κ2) is 9.45. The lowest BCUT2D eigenvalue weighted by molar-refractivity contribution is -0.149. The summed E-state index contributed by atoms with van der Waals surface area (Å²) in [5.74, 6) is -1.85. The van der Waals surface area contributed by atoms with Gasteiger partial charge in [-0.05, 0) is 24.1 Å². The highest BCUT2D eigenvalue weighted by molar-refractivity contribution is 5.98. The summed E-state index contributed by atoms with van der Waals surface area (Å²) in [6.07, 6.45) is 0.236. The fraction of sp³-hybridized carbons (Fsp3) is 0.438. The van der Waals surface area contributed by atoms with Gasteiger partial charge in [0.25, 0.3) is 0 Å². The zero-order chi connectivity index (χ0) is 17.2. The maximum Gasteiger partial charge on any atom is 0.318 e. The molecular formula is C16H21NO6. The Bertz CT molecular complexity index is 540. The van der Waals surface area contributed by atoms with Crippen LogP contribution in [0, 0.1) is 5.92 Å². The molecule has 0 aliphatic rings. The molecule has 0 aliphatic carbocycles. The highest BCUT2D eigenvalue weighted by Crippen LogP contribution is 2.16. The van der Waals surface area contributed by atoms with Gasteiger partial charge in [0.2, 0.25) is 5.91 Å². The van der Waals surface area contributed by atoms with Crippen LogP contribution >= 0.6 is 0 Å². The molecule has 1 amide bonds. The van der Waals surface area contributed by atoms with E-state index >= 15 is 0 Å². The second-order valence-electron chi connectivity index (χ2n) is 4.75. The number of benzene rings is 1. The van der Waals surface area contributed by atoms with Crippen LogP contribution in [0.5, 0.6) is 5.75 Å². The second-order valence-corrected chi connectivity index (χ2v) is 4.75. The number of esters is 2. The number of carbonyl (C=O) groups excluding carboxylic acids is 3. The SMILES string of the molecule is COC(=O)CCNC(=O)C(Cc1ccc(OC)cc1)C(=O)OC. The predicted molar refractivity (Wildman–Crippen MR) is 81.8 cm³/mol. The minimum absolute atomic E-state index is 0.0403. The van der Waals surface area contributed by atoms with Crippen LogP contribution in [0.3, 0.4) is 0 Å². The molecule has 0 saturated carbocycles. The predicted octanol–water partition coefficient (Wildman–Crippen LogP) is 0.706. The monoisotopic (exact) mass is 323 g/mol. The minimum atomic E-state index is -0.981. The van der Waals surface area contributed by atoms with Crippen LogP contribution in [-0.2, 0) is 30.3 Å². The van der Waals surface area contributed by atoms with Crippen molar-refractivity contribution in [3.63, 3.8) is 0 Å². The third-order valence-electron chi connectivity index (χ3n) is 3.26. The number of rotatable bonds is 8. The summed E-state index contributed by atoms with van der Waals surface area (Å²) in [5.41, 5.74) is 0.796. The van der Waals surface area contributed by atoms with Gasteiger partial charge in [0.05, 0.1) is 27.8 Å². The first-order valence-electron chi connectivity index (χ1n) is 7.07. The molecule has 126 valence electrons. The molecule has 0 aromatic heterocycles. The van der Waals surface area contributed by atoms with Gasteiger partial charge in [-0.2, -0.15) is 0 Å². The molecule has 7 heteroatoms. The number of methoxy groups -OCH3 is 3. The number of amides is 1. The van der Waals surface area contributed by atoms with E-state index in [4.69, 9.17) is 4.74 Å². The Morgan fingerprint density at radius 2 is 1.70 bits per heavy atom. The molecule has 1 N–H and O–H groups in total. The van der Waals surface area contributed by atoms with Gasteiger partial charge >= 0.3 is 11.9 Å². The first kappa shape index (κ1) is 18.5. The molecule has 1 unspecified atom stereocenters. The van der Waals surface area contributed by atoms with E-state index in [-0.39, 0.29) is 19.4 Å². The van der Waals surface area contributed by atoms with E-state index in [1.165, 1.54) is 14.2 Å². The van der Waals surface area contributed by atoms with Crippen LogP contribution in [0.4, 0.5) is 0 Å². The van der Waals surface area contributed by atoms with Crippen molar-refractivity contribution >= 4 is 17.8 Å². The van der Waals surface area contributed by atoms with Gasteiger partial charge in [-0.25, -0.2) is 0 Å². The third-order valence-corrected chi connectivity index (χ3v) is 3.26. The van der Waals surface area contributed by atoms with E-state index in [1.54, 1.807) is 31.4 Å². The lowest BCUT2D eigenvalue weighted by Gasteiger charge is -2.15. The first-order valence-corrected chi connectivity index (χ1v) is 7.07. The molecule has 1 aromatic carbocycles. The van der Waals surface area contributed by atoms with E-state index in [1.807, 2.05) is 0 Å². The average molecular weight is 323 g/mol. The van der Waals surface area contributed by atoms with Crippen LogP contribution in [-0.4, -0.2) is 45.7 Å². The molecular weight excluding hydrogens is 302 g/mol. The van der Waals surface area contributed by atoms with Gasteiger partial charge in [-0.1, -0.05) is 12.1 Å². The number of ether oxygens (including phenoxy) is 3. The molecule has 1 aromatic rings. The van der Waals surface area contributed by atoms with Gasteiger partial charge in [-0.15, -0.1) is 0 Å². The summed E-state index contributed by atoms with van der Waals surface area (Å²) >= 11 is 0. The Labute approximate surface area is 134 Å². The molecule has 7 nitrogen and oxygen atoms in total. The van der Waals surface area contributed by atoms with Crippen LogP contribution in [0.15, 0.2) is 24.3 Å². The molecule has 0 fully saturated rings. The molecule has 0 radical (unpaired) electrons. The van der Waals surface area contributed by atoms with Crippen molar-refractivity contribution in [2.45, 2.75) is 12.8 Å². The fourth-order valence-electron chi connectivity index (χ4n) is 1.94.